The lowest BCUT2D eigenvalue weighted by Crippen LogP contribution is -1.99. The van der Waals surface area contributed by atoms with Gasteiger partial charge in [-0.3, -0.25) is 0 Å². The van der Waals surface area contributed by atoms with Crippen molar-refractivity contribution in [3.8, 4) is 0 Å². The van der Waals surface area contributed by atoms with Crippen LogP contribution in [-0.4, -0.2) is 13.1 Å². The lowest BCUT2D eigenvalue weighted by Gasteiger charge is -1.96. The molecule has 15 heavy (non-hydrogen) atoms. The number of carbonyl (C=O) groups is 1. The first-order valence-electron chi connectivity index (χ1n) is 4.08. The molecule has 2 aromatic rings. The molecule has 0 N–H and O–H groups in total. The number of halogens is 2. The molecule has 0 atom stereocenters. The van der Waals surface area contributed by atoms with Gasteiger partial charge in [0.15, 0.2) is 0 Å². The fourth-order valence-electron chi connectivity index (χ4n) is 1.29. The summed E-state index contributed by atoms with van der Waals surface area (Å²) in [6.45, 7) is 0. The van der Waals surface area contributed by atoms with Crippen LogP contribution >= 0.6 is 11.6 Å². The monoisotopic (exact) mass is 228 g/mol. The van der Waals surface area contributed by atoms with E-state index in [4.69, 9.17) is 16.0 Å². The van der Waals surface area contributed by atoms with Crippen LogP contribution in [0.25, 0.3) is 11.0 Å². The van der Waals surface area contributed by atoms with Gasteiger partial charge in [-0.1, -0.05) is 11.6 Å². The van der Waals surface area contributed by atoms with E-state index < -0.39 is 11.8 Å². The first-order valence-corrected chi connectivity index (χ1v) is 4.46. The van der Waals surface area contributed by atoms with Crippen LogP contribution in [0.3, 0.4) is 0 Å². The molecule has 1 aromatic carbocycles. The Kier molecular flexibility index (Phi) is 2.36. The lowest BCUT2D eigenvalue weighted by atomic mass is 10.2. The molecule has 0 saturated heterocycles. The van der Waals surface area contributed by atoms with E-state index in [-0.39, 0.29) is 16.2 Å². The van der Waals surface area contributed by atoms with Gasteiger partial charge in [-0.05, 0) is 6.07 Å². The fourth-order valence-corrected chi connectivity index (χ4v) is 1.45. The molecule has 0 saturated carbocycles. The molecule has 2 rings (SSSR count). The van der Waals surface area contributed by atoms with Gasteiger partial charge in [0, 0.05) is 11.5 Å². The molecule has 3 nitrogen and oxygen atoms in total. The van der Waals surface area contributed by atoms with Crippen LogP contribution in [0.4, 0.5) is 4.39 Å². The SMILES string of the molecule is COC(=O)c1coc2cc(F)c(Cl)cc12. The number of hydrogen-bond acceptors (Lipinski definition) is 3. The standard InChI is InChI=1S/C10H6ClFO3/c1-14-10(13)6-4-15-9-3-8(12)7(11)2-5(6)9/h2-4H,1H3. The zero-order chi connectivity index (χ0) is 11.0. The number of benzene rings is 1. The summed E-state index contributed by atoms with van der Waals surface area (Å²) in [5.74, 6) is -1.13. The van der Waals surface area contributed by atoms with Crippen LogP contribution in [0.1, 0.15) is 10.4 Å². The second-order valence-corrected chi connectivity index (χ2v) is 3.31. The molecule has 0 radical (unpaired) electrons. The molecule has 0 bridgehead atoms. The van der Waals surface area contributed by atoms with Crippen molar-refractivity contribution in [2.75, 3.05) is 7.11 Å². The van der Waals surface area contributed by atoms with Gasteiger partial charge in [-0.2, -0.15) is 0 Å². The highest BCUT2D eigenvalue weighted by atomic mass is 35.5. The van der Waals surface area contributed by atoms with E-state index in [1.165, 1.54) is 19.4 Å². The number of esters is 1. The lowest BCUT2D eigenvalue weighted by molar-refractivity contribution is 0.0602. The minimum atomic E-state index is -0.588. The van der Waals surface area contributed by atoms with E-state index in [1.807, 2.05) is 0 Å². The van der Waals surface area contributed by atoms with Gasteiger partial charge in [-0.15, -0.1) is 0 Å². The predicted octanol–water partition coefficient (Wildman–Crippen LogP) is 3.01. The molecule has 0 amide bonds. The molecule has 1 aromatic heterocycles. The summed E-state index contributed by atoms with van der Waals surface area (Å²) >= 11 is 5.60. The minimum absolute atomic E-state index is 0.0611. The van der Waals surface area contributed by atoms with E-state index >= 15 is 0 Å². The summed E-state index contributed by atoms with van der Waals surface area (Å²) in [7, 11) is 1.26. The van der Waals surface area contributed by atoms with Crippen molar-refractivity contribution in [3.05, 3.63) is 34.8 Å². The molecule has 0 aliphatic carbocycles. The van der Waals surface area contributed by atoms with Crippen molar-refractivity contribution in [1.29, 1.82) is 0 Å². The van der Waals surface area contributed by atoms with Crippen LogP contribution in [-0.2, 0) is 4.74 Å². The van der Waals surface area contributed by atoms with Crippen LogP contribution in [0.2, 0.25) is 5.02 Å². The van der Waals surface area contributed by atoms with E-state index in [0.717, 1.165) is 6.07 Å². The molecule has 0 aliphatic rings. The molecule has 1 heterocycles. The summed E-state index contributed by atoms with van der Waals surface area (Å²) in [5, 5.41) is 0.377. The topological polar surface area (TPSA) is 39.4 Å². The highest BCUT2D eigenvalue weighted by Crippen LogP contribution is 2.27. The molecule has 0 fully saturated rings. The Labute approximate surface area is 89.4 Å². The van der Waals surface area contributed by atoms with E-state index in [0.29, 0.717) is 5.39 Å². The summed E-state index contributed by atoms with van der Waals surface area (Å²) in [6.07, 6.45) is 1.21. The smallest absolute Gasteiger partial charge is 0.341 e. The molecular formula is C10H6ClFO3. The van der Waals surface area contributed by atoms with Crippen LogP contribution in [0.5, 0.6) is 0 Å². The third-order valence-corrected chi connectivity index (χ3v) is 2.31. The maximum absolute atomic E-state index is 13.0. The number of carbonyl (C=O) groups excluding carboxylic acids is 1. The minimum Gasteiger partial charge on any atom is -0.465 e. The highest BCUT2D eigenvalue weighted by Gasteiger charge is 2.15. The van der Waals surface area contributed by atoms with Gasteiger partial charge in [0.2, 0.25) is 0 Å². The third kappa shape index (κ3) is 1.57. The zero-order valence-corrected chi connectivity index (χ0v) is 8.47. The maximum Gasteiger partial charge on any atom is 0.341 e. The van der Waals surface area contributed by atoms with Gasteiger partial charge in [-0.25, -0.2) is 9.18 Å². The number of fused-ring (bicyclic) bond motifs is 1. The second kappa shape index (κ2) is 3.55. The van der Waals surface area contributed by atoms with E-state index in [1.54, 1.807) is 0 Å². The Balaban J connectivity index is 2.69. The van der Waals surface area contributed by atoms with E-state index in [9.17, 15) is 9.18 Å². The van der Waals surface area contributed by atoms with Crippen LogP contribution < -0.4 is 0 Å². The Hall–Kier alpha value is -1.55. The molecular weight excluding hydrogens is 223 g/mol. The number of ether oxygens (including phenoxy) is 1. The number of hydrogen-bond donors (Lipinski definition) is 0. The number of rotatable bonds is 1. The van der Waals surface area contributed by atoms with E-state index in [2.05, 4.69) is 4.74 Å². The number of furan rings is 1. The summed E-state index contributed by atoms with van der Waals surface area (Å²) in [4.78, 5) is 11.3. The Morgan fingerprint density at radius 3 is 2.93 bits per heavy atom. The Morgan fingerprint density at radius 2 is 2.27 bits per heavy atom. The van der Waals surface area contributed by atoms with Crippen LogP contribution in [0.15, 0.2) is 22.8 Å². The summed E-state index contributed by atoms with van der Waals surface area (Å²) < 4.78 is 22.6. The largest absolute Gasteiger partial charge is 0.465 e. The van der Waals surface area contributed by atoms with Crippen molar-refractivity contribution in [3.63, 3.8) is 0 Å². The second-order valence-electron chi connectivity index (χ2n) is 2.90. The van der Waals surface area contributed by atoms with Crippen molar-refractivity contribution in [2.24, 2.45) is 0 Å². The van der Waals surface area contributed by atoms with Crippen molar-refractivity contribution < 1.29 is 18.3 Å². The zero-order valence-electron chi connectivity index (χ0n) is 7.71. The Morgan fingerprint density at radius 1 is 1.53 bits per heavy atom. The van der Waals surface area contributed by atoms with Gasteiger partial charge in [0.1, 0.15) is 23.2 Å². The molecule has 0 spiro atoms. The normalized spacial score (nSPS) is 10.6. The summed E-state index contributed by atoms with van der Waals surface area (Å²) in [6, 6.07) is 2.46. The summed E-state index contributed by atoms with van der Waals surface area (Å²) in [5.41, 5.74) is 0.492. The molecule has 78 valence electrons. The molecule has 5 heteroatoms. The van der Waals surface area contributed by atoms with Crippen molar-refractivity contribution in [1.82, 2.24) is 0 Å². The average molecular weight is 229 g/mol. The van der Waals surface area contributed by atoms with Gasteiger partial charge < -0.3 is 9.15 Å². The van der Waals surface area contributed by atoms with Crippen molar-refractivity contribution in [2.45, 2.75) is 0 Å². The average Bonchev–Trinajstić information content (AvgIpc) is 2.61. The molecule has 0 aliphatic heterocycles. The van der Waals surface area contributed by atoms with Gasteiger partial charge in [0.25, 0.3) is 0 Å². The number of methoxy groups -OCH3 is 1. The van der Waals surface area contributed by atoms with Gasteiger partial charge in [0.05, 0.1) is 12.1 Å². The predicted molar refractivity (Wildman–Crippen MR) is 52.5 cm³/mol. The molecule has 0 unspecified atom stereocenters. The maximum atomic E-state index is 13.0. The quantitative estimate of drug-likeness (QED) is 0.705. The first kappa shape index (κ1) is 9.98. The fraction of sp³-hybridized carbons (Fsp3) is 0.100. The van der Waals surface area contributed by atoms with Crippen molar-refractivity contribution >= 4 is 28.5 Å². The van der Waals surface area contributed by atoms with Gasteiger partial charge >= 0.3 is 5.97 Å². The van der Waals surface area contributed by atoms with Crippen LogP contribution in [0, 0.1) is 5.82 Å². The highest BCUT2D eigenvalue weighted by molar-refractivity contribution is 6.31. The first-order chi connectivity index (χ1) is 7.13. The Bertz CT molecular complexity index is 533. The third-order valence-electron chi connectivity index (χ3n) is 2.02.